The highest BCUT2D eigenvalue weighted by atomic mass is 16.1. The van der Waals surface area contributed by atoms with Gasteiger partial charge in [-0.15, -0.1) is 0 Å². The lowest BCUT2D eigenvalue weighted by Crippen LogP contribution is -2.09. The van der Waals surface area contributed by atoms with E-state index in [0.717, 1.165) is 23.2 Å². The highest BCUT2D eigenvalue weighted by molar-refractivity contribution is 6.09. The highest BCUT2D eigenvalue weighted by Crippen LogP contribution is 2.16. The fourth-order valence-electron chi connectivity index (χ4n) is 2.01. The van der Waals surface area contributed by atoms with E-state index in [2.05, 4.69) is 6.92 Å². The zero-order valence-corrected chi connectivity index (χ0v) is 11.7. The molecule has 0 spiro atoms. The van der Waals surface area contributed by atoms with Gasteiger partial charge in [-0.05, 0) is 42.3 Å². The molecule has 98 valence electrons. The van der Waals surface area contributed by atoms with Gasteiger partial charge in [0.05, 0.1) is 0 Å². The average molecular weight is 253 g/mol. The number of benzene rings is 2. The summed E-state index contributed by atoms with van der Waals surface area (Å²) >= 11 is 0. The number of hydrogen-bond donors (Lipinski definition) is 0. The number of carbonyl (C=O) groups excluding carboxylic acids is 1. The largest absolute Gasteiger partial charge is 0.378 e. The van der Waals surface area contributed by atoms with Crippen LogP contribution in [-0.2, 0) is 6.42 Å². The van der Waals surface area contributed by atoms with E-state index in [4.69, 9.17) is 0 Å². The second kappa shape index (κ2) is 5.70. The van der Waals surface area contributed by atoms with Crippen LogP contribution in [0.2, 0.25) is 0 Å². The summed E-state index contributed by atoms with van der Waals surface area (Å²) in [6, 6.07) is 15.6. The van der Waals surface area contributed by atoms with Gasteiger partial charge in [0.2, 0.25) is 0 Å². The standard InChI is InChI=1S/C17H19NO/c1-4-13-6-5-7-15(12-13)17(19)14-8-10-16(11-9-14)18(2)3/h5-12H,4H2,1-3H3. The van der Waals surface area contributed by atoms with Gasteiger partial charge in [0, 0.05) is 30.9 Å². The molecule has 0 heterocycles. The number of ketones is 1. The Balaban J connectivity index is 2.28. The van der Waals surface area contributed by atoms with Crippen LogP contribution in [0.25, 0.3) is 0 Å². The molecular formula is C17H19NO. The van der Waals surface area contributed by atoms with Crippen molar-refractivity contribution in [2.45, 2.75) is 13.3 Å². The van der Waals surface area contributed by atoms with Gasteiger partial charge in [0.15, 0.2) is 5.78 Å². The maximum absolute atomic E-state index is 12.4. The summed E-state index contributed by atoms with van der Waals surface area (Å²) in [5, 5.41) is 0. The summed E-state index contributed by atoms with van der Waals surface area (Å²) in [6.45, 7) is 2.09. The van der Waals surface area contributed by atoms with Gasteiger partial charge < -0.3 is 4.90 Å². The minimum atomic E-state index is 0.0839. The number of aryl methyl sites for hydroxylation is 1. The summed E-state index contributed by atoms with van der Waals surface area (Å²) in [7, 11) is 3.98. The normalized spacial score (nSPS) is 10.3. The van der Waals surface area contributed by atoms with Crippen molar-refractivity contribution >= 4 is 11.5 Å². The van der Waals surface area contributed by atoms with Gasteiger partial charge in [-0.3, -0.25) is 4.79 Å². The van der Waals surface area contributed by atoms with Crippen molar-refractivity contribution in [1.82, 2.24) is 0 Å². The van der Waals surface area contributed by atoms with E-state index in [1.54, 1.807) is 0 Å². The molecule has 2 heteroatoms. The minimum absolute atomic E-state index is 0.0839. The minimum Gasteiger partial charge on any atom is -0.378 e. The Bertz CT molecular complexity index is 570. The maximum atomic E-state index is 12.4. The molecule has 0 aliphatic heterocycles. The van der Waals surface area contributed by atoms with Crippen molar-refractivity contribution in [1.29, 1.82) is 0 Å². The predicted molar refractivity (Wildman–Crippen MR) is 80.0 cm³/mol. The fraction of sp³-hybridized carbons (Fsp3) is 0.235. The van der Waals surface area contributed by atoms with E-state index in [9.17, 15) is 4.79 Å². The topological polar surface area (TPSA) is 20.3 Å². The second-order valence-corrected chi connectivity index (χ2v) is 4.82. The Hall–Kier alpha value is -2.09. The molecular weight excluding hydrogens is 234 g/mol. The van der Waals surface area contributed by atoms with Crippen molar-refractivity contribution in [3.8, 4) is 0 Å². The van der Waals surface area contributed by atoms with Gasteiger partial charge in [0.1, 0.15) is 0 Å². The zero-order valence-electron chi connectivity index (χ0n) is 11.7. The first-order valence-corrected chi connectivity index (χ1v) is 6.53. The molecule has 0 atom stereocenters. The predicted octanol–water partition coefficient (Wildman–Crippen LogP) is 3.55. The van der Waals surface area contributed by atoms with Crippen molar-refractivity contribution in [3.05, 3.63) is 65.2 Å². The van der Waals surface area contributed by atoms with Crippen molar-refractivity contribution in [2.75, 3.05) is 19.0 Å². The summed E-state index contributed by atoms with van der Waals surface area (Å²) < 4.78 is 0. The van der Waals surface area contributed by atoms with Gasteiger partial charge in [-0.1, -0.05) is 25.1 Å². The molecule has 0 amide bonds. The van der Waals surface area contributed by atoms with Gasteiger partial charge in [-0.25, -0.2) is 0 Å². The first-order chi connectivity index (χ1) is 9.11. The van der Waals surface area contributed by atoms with E-state index in [1.165, 1.54) is 5.56 Å². The molecule has 0 radical (unpaired) electrons. The van der Waals surface area contributed by atoms with Gasteiger partial charge >= 0.3 is 0 Å². The molecule has 2 aromatic rings. The van der Waals surface area contributed by atoms with Crippen LogP contribution >= 0.6 is 0 Å². The number of anilines is 1. The Labute approximate surface area is 114 Å². The Morgan fingerprint density at radius 1 is 1.00 bits per heavy atom. The van der Waals surface area contributed by atoms with E-state index in [-0.39, 0.29) is 5.78 Å². The summed E-state index contributed by atoms with van der Waals surface area (Å²) in [4.78, 5) is 14.4. The third kappa shape index (κ3) is 3.02. The molecule has 19 heavy (non-hydrogen) atoms. The monoisotopic (exact) mass is 253 g/mol. The third-order valence-electron chi connectivity index (χ3n) is 3.24. The molecule has 0 aliphatic rings. The lowest BCUT2D eigenvalue weighted by atomic mass is 10.0. The van der Waals surface area contributed by atoms with E-state index < -0.39 is 0 Å². The lowest BCUT2D eigenvalue weighted by Gasteiger charge is -2.12. The molecule has 0 aromatic heterocycles. The van der Waals surface area contributed by atoms with Gasteiger partial charge in [0.25, 0.3) is 0 Å². The van der Waals surface area contributed by atoms with Crippen molar-refractivity contribution in [3.63, 3.8) is 0 Å². The van der Waals surface area contributed by atoms with E-state index in [0.29, 0.717) is 0 Å². The summed E-state index contributed by atoms with van der Waals surface area (Å²) in [5.41, 5.74) is 3.78. The number of carbonyl (C=O) groups is 1. The molecule has 0 saturated heterocycles. The molecule has 0 bridgehead atoms. The van der Waals surface area contributed by atoms with E-state index >= 15 is 0 Å². The maximum Gasteiger partial charge on any atom is 0.193 e. The van der Waals surface area contributed by atoms with Crippen molar-refractivity contribution < 1.29 is 4.79 Å². The highest BCUT2D eigenvalue weighted by Gasteiger charge is 2.09. The van der Waals surface area contributed by atoms with Crippen LogP contribution in [0.5, 0.6) is 0 Å². The molecule has 2 nitrogen and oxygen atoms in total. The molecule has 0 N–H and O–H groups in total. The Morgan fingerprint density at radius 3 is 2.26 bits per heavy atom. The van der Waals surface area contributed by atoms with Crippen LogP contribution in [0, 0.1) is 0 Å². The van der Waals surface area contributed by atoms with Crippen LogP contribution in [0.1, 0.15) is 28.4 Å². The SMILES string of the molecule is CCc1cccc(C(=O)c2ccc(N(C)C)cc2)c1. The second-order valence-electron chi connectivity index (χ2n) is 4.82. The molecule has 0 aliphatic carbocycles. The quantitative estimate of drug-likeness (QED) is 0.777. The van der Waals surface area contributed by atoms with E-state index in [1.807, 2.05) is 67.5 Å². The first kappa shape index (κ1) is 13.3. The molecule has 0 unspecified atom stereocenters. The van der Waals surface area contributed by atoms with Crippen LogP contribution in [-0.4, -0.2) is 19.9 Å². The fourth-order valence-corrected chi connectivity index (χ4v) is 2.01. The zero-order chi connectivity index (χ0) is 13.8. The third-order valence-corrected chi connectivity index (χ3v) is 3.24. The van der Waals surface area contributed by atoms with Crippen LogP contribution in [0.15, 0.2) is 48.5 Å². The van der Waals surface area contributed by atoms with Crippen LogP contribution < -0.4 is 4.90 Å². The average Bonchev–Trinajstić information content (AvgIpc) is 2.46. The molecule has 0 saturated carbocycles. The summed E-state index contributed by atoms with van der Waals surface area (Å²) in [6.07, 6.45) is 0.945. The summed E-state index contributed by atoms with van der Waals surface area (Å²) in [5.74, 6) is 0.0839. The van der Waals surface area contributed by atoms with Gasteiger partial charge in [-0.2, -0.15) is 0 Å². The molecule has 2 aromatic carbocycles. The van der Waals surface area contributed by atoms with Crippen LogP contribution in [0.3, 0.4) is 0 Å². The Morgan fingerprint density at radius 2 is 1.68 bits per heavy atom. The van der Waals surface area contributed by atoms with Crippen LogP contribution in [0.4, 0.5) is 5.69 Å². The smallest absolute Gasteiger partial charge is 0.193 e. The lowest BCUT2D eigenvalue weighted by molar-refractivity contribution is 0.103. The number of hydrogen-bond acceptors (Lipinski definition) is 2. The number of rotatable bonds is 4. The first-order valence-electron chi connectivity index (χ1n) is 6.53. The molecule has 2 rings (SSSR count). The van der Waals surface area contributed by atoms with Crippen molar-refractivity contribution in [2.24, 2.45) is 0 Å². The number of nitrogens with zero attached hydrogens (tertiary/aromatic N) is 1. The molecule has 0 fully saturated rings. The Kier molecular flexibility index (Phi) is 4.00.